The number of nitrogens with one attached hydrogen (secondary N) is 1. The molecule has 0 spiro atoms. The van der Waals surface area contributed by atoms with Crippen LogP contribution in [0.1, 0.15) is 45.6 Å². The molecule has 114 valence electrons. The molecule has 1 aromatic carbocycles. The third kappa shape index (κ3) is 5.91. The summed E-state index contributed by atoms with van der Waals surface area (Å²) < 4.78 is 14.1. The highest BCUT2D eigenvalue weighted by molar-refractivity contribution is 5.48. The highest BCUT2D eigenvalue weighted by atomic mass is 19.1. The lowest BCUT2D eigenvalue weighted by atomic mass is 10.1. The van der Waals surface area contributed by atoms with Gasteiger partial charge in [-0.05, 0) is 36.6 Å². The third-order valence-corrected chi connectivity index (χ3v) is 3.40. The van der Waals surface area contributed by atoms with E-state index >= 15 is 0 Å². The Kier molecular flexibility index (Phi) is 7.60. The van der Waals surface area contributed by atoms with E-state index in [9.17, 15) is 4.39 Å². The summed E-state index contributed by atoms with van der Waals surface area (Å²) in [5, 5.41) is 3.34. The summed E-state index contributed by atoms with van der Waals surface area (Å²) in [7, 11) is 1.96. The molecule has 0 amide bonds. The van der Waals surface area contributed by atoms with Gasteiger partial charge in [0.05, 0.1) is 5.69 Å². The Bertz CT molecular complexity index is 391. The van der Waals surface area contributed by atoms with Gasteiger partial charge < -0.3 is 10.2 Å². The summed E-state index contributed by atoms with van der Waals surface area (Å²) in [5.74, 6) is 0.497. The van der Waals surface area contributed by atoms with Crippen LogP contribution in [0, 0.1) is 11.7 Å². The average molecular weight is 280 g/mol. The van der Waals surface area contributed by atoms with Gasteiger partial charge in [-0.25, -0.2) is 4.39 Å². The van der Waals surface area contributed by atoms with Crippen molar-refractivity contribution in [3.8, 4) is 0 Å². The van der Waals surface area contributed by atoms with Crippen molar-refractivity contribution in [1.29, 1.82) is 0 Å². The molecular weight excluding hydrogens is 251 g/mol. The molecule has 0 aromatic heterocycles. The van der Waals surface area contributed by atoms with Crippen LogP contribution < -0.4 is 10.2 Å². The van der Waals surface area contributed by atoms with E-state index in [4.69, 9.17) is 0 Å². The lowest BCUT2D eigenvalue weighted by Gasteiger charge is -2.20. The molecule has 1 aromatic rings. The van der Waals surface area contributed by atoms with Crippen molar-refractivity contribution in [3.63, 3.8) is 0 Å². The minimum absolute atomic E-state index is 0.118. The molecule has 0 saturated heterocycles. The van der Waals surface area contributed by atoms with E-state index in [1.807, 2.05) is 24.1 Å². The van der Waals surface area contributed by atoms with Crippen LogP contribution in [0.25, 0.3) is 0 Å². The maximum Gasteiger partial charge on any atom is 0.146 e. The molecule has 0 aliphatic carbocycles. The monoisotopic (exact) mass is 280 g/mol. The first-order valence-corrected chi connectivity index (χ1v) is 7.74. The molecule has 0 radical (unpaired) electrons. The predicted molar refractivity (Wildman–Crippen MR) is 85.7 cm³/mol. The quantitative estimate of drug-likeness (QED) is 0.682. The third-order valence-electron chi connectivity index (χ3n) is 3.40. The van der Waals surface area contributed by atoms with Crippen molar-refractivity contribution < 1.29 is 4.39 Å². The van der Waals surface area contributed by atoms with Gasteiger partial charge in [-0.15, -0.1) is 0 Å². The summed E-state index contributed by atoms with van der Waals surface area (Å²) in [6, 6.07) is 5.56. The Morgan fingerprint density at radius 3 is 2.60 bits per heavy atom. The molecule has 1 rings (SSSR count). The number of nitrogens with zero attached hydrogens (tertiary/aromatic N) is 1. The number of unbranched alkanes of at least 4 members (excludes halogenated alkanes) is 2. The Morgan fingerprint density at radius 2 is 2.00 bits per heavy atom. The van der Waals surface area contributed by atoms with Gasteiger partial charge in [0.15, 0.2) is 0 Å². The Labute approximate surface area is 123 Å². The molecule has 0 heterocycles. The highest BCUT2D eigenvalue weighted by Crippen LogP contribution is 2.20. The van der Waals surface area contributed by atoms with Crippen LogP contribution in [0.4, 0.5) is 10.1 Å². The molecule has 20 heavy (non-hydrogen) atoms. The van der Waals surface area contributed by atoms with Crippen LogP contribution >= 0.6 is 0 Å². The van der Waals surface area contributed by atoms with Crippen LogP contribution in [0.2, 0.25) is 0 Å². The molecule has 3 heteroatoms. The van der Waals surface area contributed by atoms with Crippen molar-refractivity contribution in [2.24, 2.45) is 5.92 Å². The molecule has 0 atom stereocenters. The van der Waals surface area contributed by atoms with Crippen molar-refractivity contribution >= 4 is 5.69 Å². The second kappa shape index (κ2) is 8.96. The highest BCUT2D eigenvalue weighted by Gasteiger charge is 2.08. The number of halogens is 1. The van der Waals surface area contributed by atoms with Gasteiger partial charge in [-0.1, -0.05) is 39.7 Å². The van der Waals surface area contributed by atoms with Crippen molar-refractivity contribution in [1.82, 2.24) is 5.32 Å². The van der Waals surface area contributed by atoms with Gasteiger partial charge in [0.25, 0.3) is 0 Å². The smallest absolute Gasteiger partial charge is 0.146 e. The average Bonchev–Trinajstić information content (AvgIpc) is 2.38. The number of hydrogen-bond donors (Lipinski definition) is 1. The van der Waals surface area contributed by atoms with Crippen molar-refractivity contribution in [2.45, 2.75) is 46.6 Å². The largest absolute Gasteiger partial charge is 0.372 e. The molecule has 0 unspecified atom stereocenters. The minimum Gasteiger partial charge on any atom is -0.372 e. The fraction of sp³-hybridized carbons (Fsp3) is 0.647. The van der Waals surface area contributed by atoms with E-state index in [0.29, 0.717) is 11.6 Å². The zero-order valence-corrected chi connectivity index (χ0v) is 13.4. The van der Waals surface area contributed by atoms with Gasteiger partial charge in [0, 0.05) is 20.1 Å². The van der Waals surface area contributed by atoms with Gasteiger partial charge >= 0.3 is 0 Å². The number of rotatable bonds is 9. The molecule has 0 saturated carbocycles. The zero-order valence-electron chi connectivity index (χ0n) is 13.4. The van der Waals surface area contributed by atoms with E-state index in [2.05, 4.69) is 26.1 Å². The standard InChI is InChI=1S/C17H29FN2/c1-5-6-7-10-20(4)17-9-8-15(11-16(17)18)13-19-12-14(2)3/h8-9,11,14,19H,5-7,10,12-13H2,1-4H3. The van der Waals surface area contributed by atoms with Crippen LogP contribution in [0.5, 0.6) is 0 Å². The number of benzene rings is 1. The van der Waals surface area contributed by atoms with Crippen molar-refractivity contribution in [2.75, 3.05) is 25.0 Å². The van der Waals surface area contributed by atoms with Gasteiger partial charge in [0.2, 0.25) is 0 Å². The van der Waals surface area contributed by atoms with Crippen LogP contribution in [-0.4, -0.2) is 20.1 Å². The number of hydrogen-bond acceptors (Lipinski definition) is 2. The molecule has 0 fully saturated rings. The molecule has 0 aliphatic rings. The first kappa shape index (κ1) is 17.0. The molecule has 0 aliphatic heterocycles. The maximum atomic E-state index is 14.1. The van der Waals surface area contributed by atoms with Crippen molar-refractivity contribution in [3.05, 3.63) is 29.6 Å². The predicted octanol–water partition coefficient (Wildman–Crippen LogP) is 4.20. The van der Waals surface area contributed by atoms with Crippen LogP contribution in [0.15, 0.2) is 18.2 Å². The van der Waals surface area contributed by atoms with E-state index in [-0.39, 0.29) is 5.82 Å². The van der Waals surface area contributed by atoms with E-state index in [1.54, 1.807) is 6.07 Å². The molecular formula is C17H29FN2. The van der Waals surface area contributed by atoms with Crippen LogP contribution in [0.3, 0.4) is 0 Å². The Morgan fingerprint density at radius 1 is 1.25 bits per heavy atom. The summed E-state index contributed by atoms with van der Waals surface area (Å²) in [5.41, 5.74) is 1.71. The van der Waals surface area contributed by atoms with E-state index < -0.39 is 0 Å². The lowest BCUT2D eigenvalue weighted by molar-refractivity contribution is 0.550. The number of anilines is 1. The summed E-state index contributed by atoms with van der Waals surface area (Å²) in [6.07, 6.45) is 3.50. The van der Waals surface area contributed by atoms with E-state index in [0.717, 1.165) is 31.6 Å². The first-order valence-electron chi connectivity index (χ1n) is 7.74. The second-order valence-corrected chi connectivity index (χ2v) is 5.94. The van der Waals surface area contributed by atoms with E-state index in [1.165, 1.54) is 12.8 Å². The summed E-state index contributed by atoms with van der Waals surface area (Å²) in [4.78, 5) is 2.01. The first-order chi connectivity index (χ1) is 9.54. The van der Waals surface area contributed by atoms with Gasteiger partial charge in [0.1, 0.15) is 5.82 Å². The normalized spacial score (nSPS) is 11.1. The maximum absolute atomic E-state index is 14.1. The summed E-state index contributed by atoms with van der Waals surface area (Å²) >= 11 is 0. The molecule has 2 nitrogen and oxygen atoms in total. The topological polar surface area (TPSA) is 15.3 Å². The minimum atomic E-state index is -0.118. The summed E-state index contributed by atoms with van der Waals surface area (Å²) in [6.45, 7) is 9.12. The Balaban J connectivity index is 2.54. The fourth-order valence-electron chi connectivity index (χ4n) is 2.19. The second-order valence-electron chi connectivity index (χ2n) is 5.94. The SMILES string of the molecule is CCCCCN(C)c1ccc(CNCC(C)C)cc1F. The zero-order chi connectivity index (χ0) is 15.0. The van der Waals surface area contributed by atoms with Gasteiger partial charge in [-0.2, -0.15) is 0 Å². The van der Waals surface area contributed by atoms with Gasteiger partial charge in [-0.3, -0.25) is 0 Å². The van der Waals surface area contributed by atoms with Crippen LogP contribution in [-0.2, 0) is 6.54 Å². The Hall–Kier alpha value is -1.09. The molecule has 1 N–H and O–H groups in total. The lowest BCUT2D eigenvalue weighted by Crippen LogP contribution is -2.21. The molecule has 0 bridgehead atoms. The fourth-order valence-corrected chi connectivity index (χ4v) is 2.19.